The molecule has 0 aliphatic heterocycles. The van der Waals surface area contributed by atoms with Gasteiger partial charge in [0.05, 0.1) is 72.0 Å². The third kappa shape index (κ3) is 16.5. The van der Waals surface area contributed by atoms with E-state index in [2.05, 4.69) is 164 Å². The van der Waals surface area contributed by atoms with Crippen LogP contribution in [-0.2, 0) is 63.4 Å². The van der Waals surface area contributed by atoms with Gasteiger partial charge in [0, 0.05) is 115 Å². The summed E-state index contributed by atoms with van der Waals surface area (Å²) in [5.41, 5.74) is 34.6. The van der Waals surface area contributed by atoms with Crippen LogP contribution in [0.25, 0.3) is 133 Å². The van der Waals surface area contributed by atoms with Crippen LogP contribution in [0.4, 0.5) is 26.2 Å². The molecule has 16 heterocycles. The Morgan fingerprint density at radius 3 is 1.34 bits per heavy atom. The average Bonchev–Trinajstić information content (AvgIpc) is 1.61. The molecule has 588 valence electrons. The van der Waals surface area contributed by atoms with Crippen LogP contribution in [0.2, 0.25) is 20.5 Å². The molecule has 16 aromatic heterocycles. The summed E-state index contributed by atoms with van der Waals surface area (Å²) in [5.74, 6) is -2.14. The number of phenols is 1. The fourth-order valence-corrected chi connectivity index (χ4v) is 13.2. The highest BCUT2D eigenvalue weighted by Gasteiger charge is 2.22. The van der Waals surface area contributed by atoms with Crippen molar-refractivity contribution in [1.82, 2.24) is 142 Å². The van der Waals surface area contributed by atoms with Gasteiger partial charge in [-0.3, -0.25) is 18.7 Å². The van der Waals surface area contributed by atoms with Crippen molar-refractivity contribution in [3.05, 3.63) is 215 Å². The highest BCUT2D eigenvalue weighted by molar-refractivity contribution is 6.35. The normalized spacial score (nSPS) is 11.0. The molecule has 0 bridgehead atoms. The molecule has 0 amide bonds. The van der Waals surface area contributed by atoms with Gasteiger partial charge in [0.25, 0.3) is 0 Å². The highest BCUT2D eigenvalue weighted by Crippen LogP contribution is 2.36. The maximum absolute atomic E-state index is 13.4. The molecule has 0 fully saturated rings. The van der Waals surface area contributed by atoms with Crippen LogP contribution in [0.1, 0.15) is 22.5 Å². The largest absolute Gasteiger partial charge is 0.503 e. The van der Waals surface area contributed by atoms with Crippen LogP contribution >= 0.6 is 46.4 Å². The molecule has 0 aliphatic rings. The zero-order valence-corrected chi connectivity index (χ0v) is 67.5. The smallest absolute Gasteiger partial charge is 0.187 e. The first-order valence-corrected chi connectivity index (χ1v) is 36.5. The summed E-state index contributed by atoms with van der Waals surface area (Å²) in [6.45, 7) is 8.25. The number of hydrogen-bond donors (Lipinski definition) is 4. The van der Waals surface area contributed by atoms with Crippen molar-refractivity contribution in [3.8, 4) is 39.5 Å². The van der Waals surface area contributed by atoms with Gasteiger partial charge in [0.15, 0.2) is 50.8 Å². The predicted octanol–water partition coefficient (Wildman–Crippen LogP) is 13.4. The molecule has 20 aromatic rings. The minimum atomic E-state index is -1.07. The molecule has 0 radical (unpaired) electrons. The number of phenolic OH excluding ortho intramolecular Hbond substituents is 1. The minimum absolute atomic E-state index is 0.143. The predicted molar refractivity (Wildman–Crippen MR) is 446 cm³/mol. The Morgan fingerprint density at radius 2 is 0.819 bits per heavy atom. The van der Waals surface area contributed by atoms with E-state index in [1.165, 1.54) is 53.8 Å². The van der Waals surface area contributed by atoms with Gasteiger partial charge in [-0.15, -0.1) is 0 Å². The standard InChI is InChI=1S/2C15H15N7.C12H9F2N5O.C8H10.3C7H6ClN3.C6H5ClN4/c1-8-10-5-4-9(6-11(10)19-21(8)2)13-12-14(16)17-7-18-15(12)22(3)20-13;1-8-10-5-4-9(6-11(10)21(2)19-8)13-12-14(16)17-7-18-15(12)22(3)20-13;1-19-12-8(11(15)16-4-17-12)9(18-19)5-2-6(13)10(20)7(14)3-5;1-7-3-5-8(2)6-4-7;1-11-7-5(4-10-11)6(8)2-3-9-7;1-11-3-2-5-6(11)7(8)10-4-9-5;1-11-3-2-5-6(8)9-4-10-7(5)11;1-11-6-4(2-10-11)5(7)8-3-9-6/h2*4-7H,1-3H3,(H2,16,17,18);2-4,20H,1H3,(H2,15,16,17);3-6H,1-2H3;3*2-4H,1H3;2-3H,1H3. The second-order valence-electron chi connectivity index (χ2n) is 26.2. The topological polar surface area (TPSA) is 400 Å². The Kier molecular flexibility index (Phi) is 23.4. The second-order valence-corrected chi connectivity index (χ2v) is 27.7. The van der Waals surface area contributed by atoms with E-state index in [1.807, 2.05) is 125 Å². The zero-order chi connectivity index (χ0) is 82.7. The summed E-state index contributed by atoms with van der Waals surface area (Å²) in [4.78, 5) is 52.4. The van der Waals surface area contributed by atoms with Crippen LogP contribution in [0.15, 0.2) is 160 Å². The van der Waals surface area contributed by atoms with Gasteiger partial charge < -0.3 is 31.4 Å². The number of nitrogen functional groups attached to an aromatic ring is 3. The van der Waals surface area contributed by atoms with E-state index in [0.29, 0.717) is 43.2 Å². The van der Waals surface area contributed by atoms with Gasteiger partial charge in [-0.1, -0.05) is 106 Å². The molecule has 0 spiro atoms. The molecule has 39 heteroatoms. The molecule has 0 saturated heterocycles. The van der Waals surface area contributed by atoms with Crippen molar-refractivity contribution >= 4 is 163 Å². The second kappa shape index (κ2) is 33.8. The third-order valence-electron chi connectivity index (χ3n) is 18.5. The number of nitrogens with two attached hydrogens (primary N) is 3. The molecule has 33 nitrogen and oxygen atoms in total. The van der Waals surface area contributed by atoms with Gasteiger partial charge in [-0.05, 0) is 70.2 Å². The Balaban J connectivity index is 0.000000118. The lowest BCUT2D eigenvalue weighted by molar-refractivity contribution is 0.396. The molecule has 0 saturated carbocycles. The summed E-state index contributed by atoms with van der Waals surface area (Å²) >= 11 is 23.3. The van der Waals surface area contributed by atoms with Gasteiger partial charge in [0.1, 0.15) is 94.0 Å². The van der Waals surface area contributed by atoms with E-state index in [1.54, 1.807) is 50.4 Å². The summed E-state index contributed by atoms with van der Waals surface area (Å²) in [6, 6.07) is 28.3. The van der Waals surface area contributed by atoms with Crippen LogP contribution in [0.3, 0.4) is 0 Å². The number of hydrogen-bond acceptors (Lipinski definition) is 24. The van der Waals surface area contributed by atoms with Gasteiger partial charge >= 0.3 is 0 Å². The quantitative estimate of drug-likeness (QED) is 0.119. The van der Waals surface area contributed by atoms with Crippen LogP contribution in [-0.4, -0.2) is 147 Å². The maximum atomic E-state index is 13.4. The Hall–Kier alpha value is -13.9. The Morgan fingerprint density at radius 1 is 0.362 bits per heavy atom. The molecular formula is C77H72Cl4F2N32O. The van der Waals surface area contributed by atoms with Crippen molar-refractivity contribution in [1.29, 1.82) is 0 Å². The number of anilines is 3. The summed E-state index contributed by atoms with van der Waals surface area (Å²) in [6.07, 6.45) is 17.4. The summed E-state index contributed by atoms with van der Waals surface area (Å²) in [7, 11) is 16.7. The van der Waals surface area contributed by atoms with Crippen molar-refractivity contribution in [2.45, 2.75) is 27.7 Å². The molecular weight excluding hydrogens is 1570 g/mol. The van der Waals surface area contributed by atoms with E-state index < -0.39 is 17.4 Å². The summed E-state index contributed by atoms with van der Waals surface area (Å²) in [5, 5.41) is 48.4. The molecule has 4 aromatic carbocycles. The molecule has 116 heavy (non-hydrogen) atoms. The first-order chi connectivity index (χ1) is 55.5. The summed E-state index contributed by atoms with van der Waals surface area (Å²) < 4.78 is 42.7. The van der Waals surface area contributed by atoms with E-state index >= 15 is 0 Å². The number of aromatic hydroxyl groups is 1. The zero-order valence-electron chi connectivity index (χ0n) is 64.4. The number of pyridine rings is 1. The molecule has 0 unspecified atom stereocenters. The fourth-order valence-electron chi connectivity index (χ4n) is 12.4. The third-order valence-corrected chi connectivity index (χ3v) is 19.7. The fraction of sp³-hybridized carbons (Fsp3) is 0.169. The number of aryl methyl sites for hydroxylation is 13. The number of nitrogens with zero attached hydrogens (tertiary/aromatic N) is 29. The first kappa shape index (κ1) is 80.2. The van der Waals surface area contributed by atoms with Crippen LogP contribution < -0.4 is 17.2 Å². The number of fused-ring (bicyclic) bond motifs is 9. The monoisotopic (exact) mass is 1640 g/mol. The minimum Gasteiger partial charge on any atom is -0.503 e. The van der Waals surface area contributed by atoms with Gasteiger partial charge in [-0.2, -0.15) is 35.7 Å². The number of halogens is 6. The van der Waals surface area contributed by atoms with Crippen molar-refractivity contribution in [2.24, 2.45) is 63.4 Å². The Labute approximate surface area is 677 Å². The Bertz CT molecular complexity index is 6780. The maximum Gasteiger partial charge on any atom is 0.187 e. The molecule has 0 aliphatic carbocycles. The number of aromatic nitrogens is 29. The van der Waals surface area contributed by atoms with Gasteiger partial charge in [0.2, 0.25) is 0 Å². The lowest BCUT2D eigenvalue weighted by Gasteiger charge is -2.02. The van der Waals surface area contributed by atoms with Crippen molar-refractivity contribution in [2.75, 3.05) is 17.2 Å². The molecule has 7 N–H and O–H groups in total. The van der Waals surface area contributed by atoms with Crippen molar-refractivity contribution in [3.63, 3.8) is 0 Å². The van der Waals surface area contributed by atoms with Crippen LogP contribution in [0, 0.1) is 39.3 Å². The number of rotatable bonds is 3. The van der Waals surface area contributed by atoms with Gasteiger partial charge in [-0.25, -0.2) is 87.6 Å². The van der Waals surface area contributed by atoms with E-state index in [0.717, 1.165) is 134 Å². The number of benzene rings is 4. The average molecular weight is 1640 g/mol. The molecule has 20 rings (SSSR count). The van der Waals surface area contributed by atoms with E-state index in [9.17, 15) is 8.78 Å². The van der Waals surface area contributed by atoms with Crippen molar-refractivity contribution < 1.29 is 13.9 Å². The van der Waals surface area contributed by atoms with Crippen LogP contribution in [0.5, 0.6) is 5.75 Å². The first-order valence-electron chi connectivity index (χ1n) is 35.0. The lowest BCUT2D eigenvalue weighted by atomic mass is 10.1. The lowest BCUT2D eigenvalue weighted by Crippen LogP contribution is -1.95. The molecule has 0 atom stereocenters. The highest BCUT2D eigenvalue weighted by atomic mass is 35.5. The van der Waals surface area contributed by atoms with E-state index in [-0.39, 0.29) is 17.1 Å². The SMILES string of the molecule is Cc1c2ccc(-c3nn(C)c4ncnc(N)c34)cc2nn1C.Cc1ccc(C)cc1.Cc1nn(C)c2cc(-c3nn(C)c4ncnc(N)c34)ccc12.Cn1ccc2c(Cl)ncnc21.Cn1ccc2ncnc(Cl)c21.Cn1nc(-c2cc(F)c(O)c(F)c2)c2c(N)ncnc21.Cn1ncc2c(Cl)ccnc21.Cn1ncc2c(Cl)ncnc21. The van der Waals surface area contributed by atoms with E-state index in [4.69, 9.17) is 68.7 Å².